The number of aryl methyl sites for hydroxylation is 1. The molecule has 2 N–H and O–H groups in total. The molecule has 4 nitrogen and oxygen atoms in total. The largest absolute Gasteiger partial charge is 0.364 e. The van der Waals surface area contributed by atoms with Crippen LogP contribution in [0.5, 0.6) is 0 Å². The Labute approximate surface area is 107 Å². The van der Waals surface area contributed by atoms with E-state index in [1.807, 2.05) is 0 Å². The molecule has 0 radical (unpaired) electrons. The van der Waals surface area contributed by atoms with Crippen LogP contribution in [0.4, 0.5) is 0 Å². The second-order valence-electron chi connectivity index (χ2n) is 5.80. The molecular weight excluding hydrogens is 228 g/mol. The van der Waals surface area contributed by atoms with Crippen molar-refractivity contribution >= 4 is 5.91 Å². The first-order valence-corrected chi connectivity index (χ1v) is 6.40. The molecule has 2 rings (SSSR count). The minimum atomic E-state index is -0.267. The molecule has 0 spiro atoms. The normalized spacial score (nSPS) is 21.8. The Morgan fingerprint density at radius 2 is 2.22 bits per heavy atom. The molecule has 1 amide bonds. The highest BCUT2D eigenvalue weighted by molar-refractivity contribution is 5.94. The van der Waals surface area contributed by atoms with Crippen molar-refractivity contribution in [3.05, 3.63) is 33.7 Å². The van der Waals surface area contributed by atoms with Crippen molar-refractivity contribution in [2.24, 2.45) is 5.41 Å². The van der Waals surface area contributed by atoms with Crippen LogP contribution in [0.3, 0.4) is 0 Å². The SMILES string of the molecule is Cc1cc(=O)c(C(=O)NC2CCCC2(C)C)c[nH]1. The fourth-order valence-electron chi connectivity index (χ4n) is 2.58. The minimum absolute atomic E-state index is 0.118. The van der Waals surface area contributed by atoms with E-state index in [0.717, 1.165) is 25.0 Å². The number of carbonyl (C=O) groups is 1. The zero-order chi connectivity index (χ0) is 13.3. The number of carbonyl (C=O) groups excluding carboxylic acids is 1. The second-order valence-corrected chi connectivity index (χ2v) is 5.80. The number of hydrogen-bond acceptors (Lipinski definition) is 2. The van der Waals surface area contributed by atoms with Crippen molar-refractivity contribution in [3.63, 3.8) is 0 Å². The van der Waals surface area contributed by atoms with Crippen molar-refractivity contribution in [1.29, 1.82) is 0 Å². The van der Waals surface area contributed by atoms with Gasteiger partial charge in [-0.1, -0.05) is 20.3 Å². The summed E-state index contributed by atoms with van der Waals surface area (Å²) in [6.07, 6.45) is 4.72. The van der Waals surface area contributed by atoms with Crippen LogP contribution in [-0.2, 0) is 0 Å². The molecule has 18 heavy (non-hydrogen) atoms. The van der Waals surface area contributed by atoms with Crippen molar-refractivity contribution in [3.8, 4) is 0 Å². The van der Waals surface area contributed by atoms with Crippen LogP contribution in [0, 0.1) is 12.3 Å². The molecule has 1 aliphatic rings. The van der Waals surface area contributed by atoms with E-state index in [-0.39, 0.29) is 28.4 Å². The van der Waals surface area contributed by atoms with Crippen LogP contribution in [0.2, 0.25) is 0 Å². The van der Waals surface area contributed by atoms with Gasteiger partial charge in [0.15, 0.2) is 5.43 Å². The lowest BCUT2D eigenvalue weighted by atomic mass is 9.87. The van der Waals surface area contributed by atoms with Gasteiger partial charge in [-0.2, -0.15) is 0 Å². The van der Waals surface area contributed by atoms with E-state index in [9.17, 15) is 9.59 Å². The first kappa shape index (κ1) is 12.9. The van der Waals surface area contributed by atoms with Gasteiger partial charge in [-0.25, -0.2) is 0 Å². The number of aromatic nitrogens is 1. The Morgan fingerprint density at radius 1 is 1.50 bits per heavy atom. The number of pyridine rings is 1. The summed E-state index contributed by atoms with van der Waals surface area (Å²) in [7, 11) is 0. The summed E-state index contributed by atoms with van der Waals surface area (Å²) in [6, 6.07) is 1.61. The highest BCUT2D eigenvalue weighted by Gasteiger charge is 2.35. The monoisotopic (exact) mass is 248 g/mol. The smallest absolute Gasteiger partial charge is 0.256 e. The van der Waals surface area contributed by atoms with Crippen LogP contribution < -0.4 is 10.7 Å². The maximum absolute atomic E-state index is 12.1. The van der Waals surface area contributed by atoms with Gasteiger partial charge >= 0.3 is 0 Å². The average molecular weight is 248 g/mol. The van der Waals surface area contributed by atoms with E-state index in [4.69, 9.17) is 0 Å². The van der Waals surface area contributed by atoms with E-state index >= 15 is 0 Å². The Bertz CT molecular complexity index is 517. The molecule has 1 heterocycles. The number of rotatable bonds is 2. The zero-order valence-corrected chi connectivity index (χ0v) is 11.2. The van der Waals surface area contributed by atoms with Crippen LogP contribution in [0.1, 0.15) is 49.2 Å². The molecule has 1 aromatic heterocycles. The number of aromatic amines is 1. The van der Waals surface area contributed by atoms with Gasteiger partial charge in [0.25, 0.3) is 5.91 Å². The van der Waals surface area contributed by atoms with Crippen molar-refractivity contribution in [2.75, 3.05) is 0 Å². The number of nitrogens with one attached hydrogen (secondary N) is 2. The molecular formula is C14H20N2O2. The number of hydrogen-bond donors (Lipinski definition) is 2. The van der Waals surface area contributed by atoms with Crippen molar-refractivity contribution in [2.45, 2.75) is 46.1 Å². The van der Waals surface area contributed by atoms with Gasteiger partial charge in [-0.05, 0) is 25.2 Å². The first-order valence-electron chi connectivity index (χ1n) is 6.40. The summed E-state index contributed by atoms with van der Waals surface area (Å²) in [4.78, 5) is 26.7. The summed E-state index contributed by atoms with van der Waals surface area (Å²) >= 11 is 0. The lowest BCUT2D eigenvalue weighted by Crippen LogP contribution is -2.42. The molecule has 1 unspecified atom stereocenters. The molecule has 0 aliphatic heterocycles. The molecule has 0 bridgehead atoms. The fourth-order valence-corrected chi connectivity index (χ4v) is 2.58. The molecule has 1 aliphatic carbocycles. The lowest BCUT2D eigenvalue weighted by molar-refractivity contribution is 0.0908. The number of amides is 1. The summed E-state index contributed by atoms with van der Waals surface area (Å²) in [5.41, 5.74) is 0.855. The summed E-state index contributed by atoms with van der Waals surface area (Å²) in [5, 5.41) is 2.99. The predicted molar refractivity (Wildman–Crippen MR) is 70.7 cm³/mol. The molecule has 4 heteroatoms. The van der Waals surface area contributed by atoms with E-state index in [0.29, 0.717) is 0 Å². The van der Waals surface area contributed by atoms with Gasteiger partial charge in [0, 0.05) is 24.0 Å². The van der Waals surface area contributed by atoms with Crippen molar-refractivity contribution < 1.29 is 4.79 Å². The highest BCUT2D eigenvalue weighted by Crippen LogP contribution is 2.37. The van der Waals surface area contributed by atoms with Crippen LogP contribution in [0.25, 0.3) is 0 Å². The molecule has 1 fully saturated rings. The van der Waals surface area contributed by atoms with E-state index in [1.165, 1.54) is 12.3 Å². The second kappa shape index (κ2) is 4.59. The minimum Gasteiger partial charge on any atom is -0.364 e. The van der Waals surface area contributed by atoms with E-state index in [2.05, 4.69) is 24.1 Å². The zero-order valence-electron chi connectivity index (χ0n) is 11.2. The van der Waals surface area contributed by atoms with Gasteiger partial charge < -0.3 is 10.3 Å². The van der Waals surface area contributed by atoms with Gasteiger partial charge in [-0.15, -0.1) is 0 Å². The first-order chi connectivity index (χ1) is 8.40. The Balaban J connectivity index is 2.15. The third-order valence-electron chi connectivity index (χ3n) is 3.86. The quantitative estimate of drug-likeness (QED) is 0.840. The molecule has 98 valence electrons. The van der Waals surface area contributed by atoms with E-state index < -0.39 is 0 Å². The predicted octanol–water partition coefficient (Wildman–Crippen LogP) is 1.99. The van der Waals surface area contributed by atoms with Crippen LogP contribution in [-0.4, -0.2) is 16.9 Å². The molecule has 1 aromatic rings. The molecule has 0 saturated heterocycles. The molecule has 1 saturated carbocycles. The third kappa shape index (κ3) is 2.47. The highest BCUT2D eigenvalue weighted by atomic mass is 16.2. The van der Waals surface area contributed by atoms with Crippen molar-refractivity contribution in [1.82, 2.24) is 10.3 Å². The fraction of sp³-hybridized carbons (Fsp3) is 0.571. The maximum Gasteiger partial charge on any atom is 0.256 e. The Morgan fingerprint density at radius 3 is 2.78 bits per heavy atom. The molecule has 0 aromatic carbocycles. The Kier molecular flexibility index (Phi) is 3.28. The van der Waals surface area contributed by atoms with Gasteiger partial charge in [-0.3, -0.25) is 9.59 Å². The average Bonchev–Trinajstić information content (AvgIpc) is 2.58. The maximum atomic E-state index is 12.1. The summed E-state index contributed by atoms with van der Waals surface area (Å²) < 4.78 is 0. The Hall–Kier alpha value is -1.58. The summed E-state index contributed by atoms with van der Waals surface area (Å²) in [6.45, 7) is 6.11. The van der Waals surface area contributed by atoms with Gasteiger partial charge in [0.05, 0.1) is 0 Å². The third-order valence-corrected chi connectivity index (χ3v) is 3.86. The van der Waals surface area contributed by atoms with Crippen LogP contribution >= 0.6 is 0 Å². The lowest BCUT2D eigenvalue weighted by Gasteiger charge is -2.27. The topological polar surface area (TPSA) is 62.0 Å². The van der Waals surface area contributed by atoms with E-state index in [1.54, 1.807) is 6.92 Å². The number of H-pyrrole nitrogens is 1. The summed E-state index contributed by atoms with van der Waals surface area (Å²) in [5.74, 6) is -0.267. The van der Waals surface area contributed by atoms with Crippen LogP contribution in [0.15, 0.2) is 17.1 Å². The standard InChI is InChI=1S/C14H20N2O2/c1-9-7-11(17)10(8-15-9)13(18)16-12-5-4-6-14(12,2)3/h7-8,12H,4-6H2,1-3H3,(H,15,17)(H,16,18). The van der Waals surface area contributed by atoms with Gasteiger partial charge in [0.2, 0.25) is 0 Å². The molecule has 1 atom stereocenters. The van der Waals surface area contributed by atoms with Gasteiger partial charge in [0.1, 0.15) is 5.56 Å².